The molecule has 214 valence electrons. The van der Waals surface area contributed by atoms with Gasteiger partial charge in [-0.15, -0.1) is 5.10 Å². The van der Waals surface area contributed by atoms with Crippen LogP contribution in [0.4, 0.5) is 4.39 Å². The van der Waals surface area contributed by atoms with Crippen LogP contribution in [0.2, 0.25) is 0 Å². The first kappa shape index (κ1) is 29.1. The van der Waals surface area contributed by atoms with E-state index >= 15 is 0 Å². The summed E-state index contributed by atoms with van der Waals surface area (Å²) in [6.45, 7) is 8.72. The zero-order valence-electron chi connectivity index (χ0n) is 23.3. The number of piperidine rings is 1. The van der Waals surface area contributed by atoms with E-state index in [2.05, 4.69) is 29.5 Å². The molecule has 1 aromatic carbocycles. The number of unbranched alkanes of at least 4 members (excludes halogenated alkanes) is 1. The van der Waals surface area contributed by atoms with E-state index in [0.29, 0.717) is 71.1 Å². The predicted molar refractivity (Wildman–Crippen MR) is 144 cm³/mol. The average Bonchev–Trinajstić information content (AvgIpc) is 3.37. The molecule has 2 saturated heterocycles. The van der Waals surface area contributed by atoms with Crippen LogP contribution in [0, 0.1) is 17.7 Å². The third-order valence-electron chi connectivity index (χ3n) is 7.32. The lowest BCUT2D eigenvalue weighted by Gasteiger charge is -2.40. The predicted octanol–water partition coefficient (Wildman–Crippen LogP) is 2.31. The van der Waals surface area contributed by atoms with E-state index < -0.39 is 5.82 Å². The van der Waals surface area contributed by atoms with E-state index in [1.807, 2.05) is 9.80 Å². The SMILES string of the molecule is COCCCCc1c(C(=O)N(CC(C)C)[C@@H]2CNC[C@H](C(=O)N3CCOCC3)C2)nnn1-c1ccccc1F. The van der Waals surface area contributed by atoms with Gasteiger partial charge in [-0.05, 0) is 43.7 Å². The fourth-order valence-electron chi connectivity index (χ4n) is 5.36. The number of benzene rings is 1. The Morgan fingerprint density at radius 2 is 1.97 bits per heavy atom. The fraction of sp³-hybridized carbons (Fsp3) is 0.643. The summed E-state index contributed by atoms with van der Waals surface area (Å²) >= 11 is 0. The van der Waals surface area contributed by atoms with Crippen molar-refractivity contribution >= 4 is 11.8 Å². The average molecular weight is 545 g/mol. The number of carbonyl (C=O) groups is 2. The number of rotatable bonds is 11. The molecule has 11 heteroatoms. The van der Waals surface area contributed by atoms with Crippen molar-refractivity contribution in [2.45, 2.75) is 45.6 Å². The first-order chi connectivity index (χ1) is 18.9. The Kier molecular flexibility index (Phi) is 10.4. The Balaban J connectivity index is 1.60. The smallest absolute Gasteiger partial charge is 0.276 e. The molecule has 0 aliphatic carbocycles. The lowest BCUT2D eigenvalue weighted by atomic mass is 9.92. The van der Waals surface area contributed by atoms with Crippen molar-refractivity contribution in [2.24, 2.45) is 11.8 Å². The molecule has 1 N–H and O–H groups in total. The highest BCUT2D eigenvalue weighted by Crippen LogP contribution is 2.24. The van der Waals surface area contributed by atoms with Crippen molar-refractivity contribution in [3.63, 3.8) is 0 Å². The van der Waals surface area contributed by atoms with Crippen molar-refractivity contribution in [2.75, 3.05) is 59.7 Å². The number of nitrogens with one attached hydrogen (secondary N) is 1. The maximum absolute atomic E-state index is 14.7. The molecule has 0 unspecified atom stereocenters. The van der Waals surface area contributed by atoms with Gasteiger partial charge in [0.05, 0.1) is 24.8 Å². The van der Waals surface area contributed by atoms with Gasteiger partial charge in [-0.25, -0.2) is 9.07 Å². The second-order valence-corrected chi connectivity index (χ2v) is 10.7. The first-order valence-electron chi connectivity index (χ1n) is 14.0. The molecule has 2 aliphatic heterocycles. The number of methoxy groups -OCH3 is 1. The zero-order valence-corrected chi connectivity index (χ0v) is 23.3. The van der Waals surface area contributed by atoms with Crippen LogP contribution in [0.25, 0.3) is 5.69 Å². The largest absolute Gasteiger partial charge is 0.385 e. The molecular weight excluding hydrogens is 503 g/mol. The van der Waals surface area contributed by atoms with E-state index in [-0.39, 0.29) is 41.1 Å². The molecule has 0 spiro atoms. The van der Waals surface area contributed by atoms with Crippen molar-refractivity contribution < 1.29 is 23.5 Å². The Labute approximate surface area is 229 Å². The molecule has 0 bridgehead atoms. The summed E-state index contributed by atoms with van der Waals surface area (Å²) in [5.74, 6) is -0.571. The van der Waals surface area contributed by atoms with E-state index in [1.54, 1.807) is 25.3 Å². The number of ether oxygens (including phenoxy) is 2. The van der Waals surface area contributed by atoms with Gasteiger partial charge in [0.1, 0.15) is 11.5 Å². The standard InChI is InChI=1S/C28H41FN6O4/c1-20(2)19-34(22-16-21(17-30-18-22)27(36)33-11-14-39-15-12-33)28(37)26-25(10-6-7-13-38-3)35(32-31-26)24-9-5-4-8-23(24)29/h4-5,8-9,20-22,30H,6-7,10-19H2,1-3H3/t21-,22+/m1/s1. The fourth-order valence-corrected chi connectivity index (χ4v) is 5.36. The molecule has 2 aliphatic rings. The minimum Gasteiger partial charge on any atom is -0.385 e. The minimum absolute atomic E-state index is 0.108. The first-order valence-corrected chi connectivity index (χ1v) is 14.0. The molecule has 2 fully saturated rings. The third kappa shape index (κ3) is 7.20. The number of carbonyl (C=O) groups excluding carboxylic acids is 2. The van der Waals surface area contributed by atoms with E-state index in [4.69, 9.17) is 9.47 Å². The second kappa shape index (κ2) is 14.0. The highest BCUT2D eigenvalue weighted by Gasteiger charge is 2.37. The normalized spacial score (nSPS) is 19.9. The summed E-state index contributed by atoms with van der Waals surface area (Å²) < 4.78 is 26.8. The Hall–Kier alpha value is -2.89. The summed E-state index contributed by atoms with van der Waals surface area (Å²) in [5.41, 5.74) is 1.08. The van der Waals surface area contributed by atoms with Crippen LogP contribution >= 0.6 is 0 Å². The van der Waals surface area contributed by atoms with Crippen LogP contribution in [-0.2, 0) is 20.7 Å². The summed E-state index contributed by atoms with van der Waals surface area (Å²) in [5, 5.41) is 11.9. The van der Waals surface area contributed by atoms with E-state index in [9.17, 15) is 14.0 Å². The van der Waals surface area contributed by atoms with Crippen molar-refractivity contribution in [1.29, 1.82) is 0 Å². The molecule has 10 nitrogen and oxygen atoms in total. The molecule has 2 atom stereocenters. The highest BCUT2D eigenvalue weighted by molar-refractivity contribution is 5.94. The molecule has 39 heavy (non-hydrogen) atoms. The Morgan fingerprint density at radius 3 is 2.69 bits per heavy atom. The number of aromatic nitrogens is 3. The lowest BCUT2D eigenvalue weighted by molar-refractivity contribution is -0.140. The summed E-state index contributed by atoms with van der Waals surface area (Å²) in [6.07, 6.45) is 2.61. The van der Waals surface area contributed by atoms with Crippen LogP contribution in [0.3, 0.4) is 0 Å². The molecule has 2 aromatic rings. The summed E-state index contributed by atoms with van der Waals surface area (Å²) in [7, 11) is 1.65. The lowest BCUT2D eigenvalue weighted by Crippen LogP contribution is -2.56. The van der Waals surface area contributed by atoms with Crippen molar-refractivity contribution in [3.05, 3.63) is 41.5 Å². The van der Waals surface area contributed by atoms with Gasteiger partial charge in [0, 0.05) is 52.5 Å². The van der Waals surface area contributed by atoms with E-state index in [1.165, 1.54) is 10.7 Å². The summed E-state index contributed by atoms with van der Waals surface area (Å²) in [6, 6.07) is 6.19. The maximum atomic E-state index is 14.7. The van der Waals surface area contributed by atoms with Crippen LogP contribution in [0.5, 0.6) is 0 Å². The molecule has 0 radical (unpaired) electrons. The van der Waals surface area contributed by atoms with Crippen LogP contribution in [0.1, 0.15) is 49.3 Å². The number of para-hydroxylation sites is 1. The topological polar surface area (TPSA) is 102 Å². The van der Waals surface area contributed by atoms with Gasteiger partial charge in [0.15, 0.2) is 5.69 Å². The Morgan fingerprint density at radius 1 is 1.21 bits per heavy atom. The van der Waals surface area contributed by atoms with Gasteiger partial charge < -0.3 is 24.6 Å². The van der Waals surface area contributed by atoms with Gasteiger partial charge in [0.25, 0.3) is 5.91 Å². The molecule has 2 amide bonds. The van der Waals surface area contributed by atoms with Gasteiger partial charge in [0.2, 0.25) is 5.91 Å². The summed E-state index contributed by atoms with van der Waals surface area (Å²) in [4.78, 5) is 31.1. The van der Waals surface area contributed by atoms with Crippen molar-refractivity contribution in [1.82, 2.24) is 30.1 Å². The maximum Gasteiger partial charge on any atom is 0.276 e. The molecule has 3 heterocycles. The van der Waals surface area contributed by atoms with Gasteiger partial charge >= 0.3 is 0 Å². The molecule has 4 rings (SSSR count). The zero-order chi connectivity index (χ0) is 27.8. The molecular formula is C28H41FN6O4. The second-order valence-electron chi connectivity index (χ2n) is 10.7. The number of hydrogen-bond donors (Lipinski definition) is 1. The van der Waals surface area contributed by atoms with Crippen LogP contribution in [-0.4, -0.2) is 102 Å². The van der Waals surface area contributed by atoms with E-state index in [0.717, 1.165) is 12.8 Å². The van der Waals surface area contributed by atoms with Gasteiger partial charge in [-0.3, -0.25) is 9.59 Å². The van der Waals surface area contributed by atoms with Gasteiger partial charge in [-0.2, -0.15) is 0 Å². The van der Waals surface area contributed by atoms with Crippen molar-refractivity contribution in [3.8, 4) is 5.69 Å². The molecule has 0 saturated carbocycles. The monoisotopic (exact) mass is 544 g/mol. The number of hydrogen-bond acceptors (Lipinski definition) is 7. The third-order valence-corrected chi connectivity index (χ3v) is 7.32. The number of amides is 2. The number of morpholine rings is 1. The van der Waals surface area contributed by atoms with Crippen LogP contribution in [0.15, 0.2) is 24.3 Å². The number of halogens is 1. The Bertz CT molecular complexity index is 1100. The highest BCUT2D eigenvalue weighted by atomic mass is 19.1. The quantitative estimate of drug-likeness (QED) is 0.433. The van der Waals surface area contributed by atoms with Gasteiger partial charge in [-0.1, -0.05) is 31.2 Å². The minimum atomic E-state index is -0.431. The molecule has 1 aromatic heterocycles. The van der Waals surface area contributed by atoms with Crippen LogP contribution < -0.4 is 5.32 Å². The number of nitrogens with zero attached hydrogens (tertiary/aromatic N) is 5.